The molecule has 0 spiro atoms. The molecule has 15 heavy (non-hydrogen) atoms. The molecule has 4 heteroatoms. The predicted molar refractivity (Wildman–Crippen MR) is 58.8 cm³/mol. The van der Waals surface area contributed by atoms with E-state index in [0.29, 0.717) is 13.2 Å². The minimum absolute atomic E-state index is 0.191. The molecule has 1 unspecified atom stereocenters. The Labute approximate surface area is 91.8 Å². The van der Waals surface area contributed by atoms with Crippen molar-refractivity contribution in [2.45, 2.75) is 31.7 Å². The molecule has 4 nitrogen and oxygen atoms in total. The van der Waals surface area contributed by atoms with E-state index in [2.05, 4.69) is 4.90 Å². The Balaban J connectivity index is 2.07. The predicted octanol–water partition coefficient (Wildman–Crippen LogP) is 0.232. The average molecular weight is 217 g/mol. The molecule has 0 aliphatic carbocycles. The van der Waals surface area contributed by atoms with Gasteiger partial charge >= 0.3 is 0 Å². The van der Waals surface area contributed by atoms with E-state index in [1.807, 2.05) is 0 Å². The maximum Gasteiger partial charge on any atom is 0.0644 e. The van der Waals surface area contributed by atoms with Crippen LogP contribution in [0.15, 0.2) is 0 Å². The molecule has 1 aliphatic heterocycles. The lowest BCUT2D eigenvalue weighted by Gasteiger charge is -2.34. The molecule has 1 heterocycles. The first kappa shape index (κ1) is 12.9. The molecule has 0 aromatic heterocycles. The normalized spacial score (nSPS) is 23.2. The lowest BCUT2D eigenvalue weighted by atomic mass is 10.1. The van der Waals surface area contributed by atoms with E-state index in [1.165, 1.54) is 0 Å². The summed E-state index contributed by atoms with van der Waals surface area (Å²) in [6, 6.07) is 0.191. The minimum atomic E-state index is 0.191. The van der Waals surface area contributed by atoms with Gasteiger partial charge in [-0.15, -0.1) is 0 Å². The van der Waals surface area contributed by atoms with Crippen LogP contribution in [0.25, 0.3) is 0 Å². The first-order valence-corrected chi connectivity index (χ1v) is 5.92. The van der Waals surface area contributed by atoms with Gasteiger partial charge in [0, 0.05) is 13.2 Å². The molecule has 1 fully saturated rings. The van der Waals surface area contributed by atoms with Gasteiger partial charge in [-0.3, -0.25) is 4.90 Å². The van der Waals surface area contributed by atoms with E-state index < -0.39 is 0 Å². The number of aliphatic hydroxyl groups is 2. The highest BCUT2D eigenvalue weighted by Gasteiger charge is 2.21. The summed E-state index contributed by atoms with van der Waals surface area (Å²) in [6.07, 6.45) is 4.32. The van der Waals surface area contributed by atoms with Gasteiger partial charge in [0.1, 0.15) is 0 Å². The van der Waals surface area contributed by atoms with Crippen LogP contribution in [0.5, 0.6) is 0 Å². The van der Waals surface area contributed by atoms with Crippen molar-refractivity contribution in [2.24, 2.45) is 0 Å². The monoisotopic (exact) mass is 217 g/mol. The number of hydrogen-bond donors (Lipinski definition) is 2. The Kier molecular flexibility index (Phi) is 6.92. The molecule has 0 aromatic rings. The third kappa shape index (κ3) is 4.93. The summed E-state index contributed by atoms with van der Waals surface area (Å²) in [7, 11) is 0. The molecule has 1 atom stereocenters. The Bertz CT molecular complexity index is 155. The van der Waals surface area contributed by atoms with Crippen LogP contribution in [-0.2, 0) is 4.74 Å². The van der Waals surface area contributed by atoms with Crippen molar-refractivity contribution >= 4 is 0 Å². The Morgan fingerprint density at radius 2 is 1.93 bits per heavy atom. The molecule has 1 rings (SSSR count). The van der Waals surface area contributed by atoms with Crippen LogP contribution in [0.2, 0.25) is 0 Å². The lowest BCUT2D eigenvalue weighted by Crippen LogP contribution is -2.47. The van der Waals surface area contributed by atoms with Crippen molar-refractivity contribution < 1.29 is 14.9 Å². The van der Waals surface area contributed by atoms with Crippen molar-refractivity contribution in [3.63, 3.8) is 0 Å². The van der Waals surface area contributed by atoms with Crippen LogP contribution in [0.3, 0.4) is 0 Å². The summed E-state index contributed by atoms with van der Waals surface area (Å²) in [5, 5.41) is 17.8. The third-order valence-corrected chi connectivity index (χ3v) is 2.91. The van der Waals surface area contributed by atoms with Crippen molar-refractivity contribution in [3.8, 4) is 0 Å². The van der Waals surface area contributed by atoms with Gasteiger partial charge in [0.25, 0.3) is 0 Å². The lowest BCUT2D eigenvalue weighted by molar-refractivity contribution is -0.0278. The topological polar surface area (TPSA) is 52.9 Å². The fourth-order valence-corrected chi connectivity index (χ4v) is 1.93. The second-order valence-corrected chi connectivity index (χ2v) is 4.09. The zero-order chi connectivity index (χ0) is 10.9. The second-order valence-electron chi connectivity index (χ2n) is 4.09. The number of hydrogen-bond acceptors (Lipinski definition) is 4. The maximum atomic E-state index is 9.15. The van der Waals surface area contributed by atoms with E-state index >= 15 is 0 Å². The van der Waals surface area contributed by atoms with E-state index in [-0.39, 0.29) is 12.6 Å². The van der Waals surface area contributed by atoms with Crippen LogP contribution >= 0.6 is 0 Å². The van der Waals surface area contributed by atoms with E-state index in [0.717, 1.165) is 45.4 Å². The van der Waals surface area contributed by atoms with Crippen molar-refractivity contribution in [1.29, 1.82) is 0 Å². The average Bonchev–Trinajstić information content (AvgIpc) is 2.29. The molecular formula is C11H23NO3. The number of aliphatic hydroxyl groups excluding tert-OH is 2. The van der Waals surface area contributed by atoms with Crippen LogP contribution in [0.4, 0.5) is 0 Å². The summed E-state index contributed by atoms with van der Waals surface area (Å²) in [5.41, 5.74) is 0. The van der Waals surface area contributed by atoms with Gasteiger partial charge in [0.05, 0.1) is 25.9 Å². The number of nitrogens with zero attached hydrogens (tertiary/aromatic N) is 1. The van der Waals surface area contributed by atoms with Gasteiger partial charge in [-0.1, -0.05) is 12.8 Å². The number of rotatable bonds is 7. The summed E-state index contributed by atoms with van der Waals surface area (Å²) in [5.74, 6) is 0. The molecule has 2 N–H and O–H groups in total. The molecule has 0 amide bonds. The SMILES string of the molecule is OCCCCCCN1CCOCC1CO. The molecule has 0 radical (unpaired) electrons. The van der Waals surface area contributed by atoms with Gasteiger partial charge < -0.3 is 14.9 Å². The molecule has 90 valence electrons. The highest BCUT2D eigenvalue weighted by atomic mass is 16.5. The van der Waals surface area contributed by atoms with Gasteiger partial charge in [-0.25, -0.2) is 0 Å². The van der Waals surface area contributed by atoms with Crippen LogP contribution < -0.4 is 0 Å². The summed E-state index contributed by atoms with van der Waals surface area (Å²) >= 11 is 0. The smallest absolute Gasteiger partial charge is 0.0644 e. The molecule has 1 aliphatic rings. The highest BCUT2D eigenvalue weighted by Crippen LogP contribution is 2.09. The zero-order valence-corrected chi connectivity index (χ0v) is 9.40. The first-order valence-electron chi connectivity index (χ1n) is 5.92. The van der Waals surface area contributed by atoms with Gasteiger partial charge in [-0.05, 0) is 19.4 Å². The molecule has 0 saturated carbocycles. The van der Waals surface area contributed by atoms with Crippen molar-refractivity contribution in [3.05, 3.63) is 0 Å². The second kappa shape index (κ2) is 8.05. The summed E-state index contributed by atoms with van der Waals surface area (Å²) in [4.78, 5) is 2.31. The zero-order valence-electron chi connectivity index (χ0n) is 9.40. The standard InChI is InChI=1S/C11H23NO3/c13-7-4-2-1-3-5-12-6-8-15-10-11(12)9-14/h11,13-14H,1-10H2. The van der Waals surface area contributed by atoms with Gasteiger partial charge in [-0.2, -0.15) is 0 Å². The minimum Gasteiger partial charge on any atom is -0.396 e. The fraction of sp³-hybridized carbons (Fsp3) is 1.00. The largest absolute Gasteiger partial charge is 0.396 e. The number of ether oxygens (including phenoxy) is 1. The van der Waals surface area contributed by atoms with E-state index in [9.17, 15) is 0 Å². The molecular weight excluding hydrogens is 194 g/mol. The highest BCUT2D eigenvalue weighted by molar-refractivity contribution is 4.74. The van der Waals surface area contributed by atoms with Crippen molar-refractivity contribution in [1.82, 2.24) is 4.90 Å². The summed E-state index contributed by atoms with van der Waals surface area (Å²) in [6.45, 7) is 3.92. The number of unbranched alkanes of at least 4 members (excludes halogenated alkanes) is 3. The Morgan fingerprint density at radius 1 is 1.13 bits per heavy atom. The Hall–Kier alpha value is -0.160. The van der Waals surface area contributed by atoms with E-state index in [4.69, 9.17) is 14.9 Å². The Morgan fingerprint density at radius 3 is 2.67 bits per heavy atom. The molecule has 1 saturated heterocycles. The van der Waals surface area contributed by atoms with Gasteiger partial charge in [0.2, 0.25) is 0 Å². The maximum absolute atomic E-state index is 9.15. The quantitative estimate of drug-likeness (QED) is 0.600. The van der Waals surface area contributed by atoms with Crippen LogP contribution in [0, 0.1) is 0 Å². The fourth-order valence-electron chi connectivity index (χ4n) is 1.93. The molecule has 0 aromatic carbocycles. The first-order chi connectivity index (χ1) is 7.38. The summed E-state index contributed by atoms with van der Waals surface area (Å²) < 4.78 is 5.31. The van der Waals surface area contributed by atoms with Gasteiger partial charge in [0.15, 0.2) is 0 Å². The van der Waals surface area contributed by atoms with E-state index in [1.54, 1.807) is 0 Å². The number of morpholine rings is 1. The van der Waals surface area contributed by atoms with Crippen LogP contribution in [-0.4, -0.2) is 60.7 Å². The third-order valence-electron chi connectivity index (χ3n) is 2.91. The van der Waals surface area contributed by atoms with Crippen LogP contribution in [0.1, 0.15) is 25.7 Å². The van der Waals surface area contributed by atoms with Crippen molar-refractivity contribution in [2.75, 3.05) is 39.5 Å². The molecule has 0 bridgehead atoms.